The van der Waals surface area contributed by atoms with Crippen LogP contribution < -0.4 is 5.32 Å². The molecule has 3 saturated heterocycles. The molecule has 0 radical (unpaired) electrons. The number of hydrogen-bond acceptors (Lipinski definition) is 3. The highest BCUT2D eigenvalue weighted by Gasteiger charge is 2.62. The van der Waals surface area contributed by atoms with Crippen LogP contribution in [0.25, 0.3) is 0 Å². The van der Waals surface area contributed by atoms with Crippen LogP contribution in [0.4, 0.5) is 0 Å². The number of benzene rings is 1. The Kier molecular flexibility index (Phi) is 3.90. The van der Waals surface area contributed by atoms with Gasteiger partial charge in [-0.1, -0.05) is 25.1 Å². The van der Waals surface area contributed by atoms with E-state index in [2.05, 4.69) is 17.1 Å². The zero-order chi connectivity index (χ0) is 15.9. The number of ether oxygens (including phenoxy) is 1. The molecule has 3 heterocycles. The van der Waals surface area contributed by atoms with Crippen LogP contribution in [0.2, 0.25) is 0 Å². The first-order chi connectivity index (χ1) is 11.2. The van der Waals surface area contributed by atoms with Gasteiger partial charge in [0, 0.05) is 37.0 Å². The predicted octanol–water partition coefficient (Wildman–Crippen LogP) is 2.31. The fraction of sp³-hybridized carbons (Fsp3) is 0.632. The number of carbonyl (C=O) groups is 1. The molecule has 4 heteroatoms. The molecule has 0 saturated carbocycles. The summed E-state index contributed by atoms with van der Waals surface area (Å²) in [6.45, 7) is 6.36. The van der Waals surface area contributed by atoms with Gasteiger partial charge in [0.25, 0.3) is 5.91 Å². The van der Waals surface area contributed by atoms with E-state index < -0.39 is 0 Å². The van der Waals surface area contributed by atoms with Gasteiger partial charge in [0.2, 0.25) is 0 Å². The van der Waals surface area contributed by atoms with Crippen molar-refractivity contribution in [3.05, 3.63) is 35.9 Å². The largest absolute Gasteiger partial charge is 0.370 e. The second kappa shape index (κ2) is 5.91. The highest BCUT2D eigenvalue weighted by molar-refractivity contribution is 5.94. The van der Waals surface area contributed by atoms with Gasteiger partial charge in [-0.3, -0.25) is 4.79 Å². The maximum Gasteiger partial charge on any atom is 0.251 e. The van der Waals surface area contributed by atoms with Crippen LogP contribution in [0.15, 0.2) is 30.3 Å². The third kappa shape index (κ3) is 2.58. The van der Waals surface area contributed by atoms with Crippen molar-refractivity contribution < 1.29 is 9.53 Å². The number of rotatable bonds is 5. The molecular formula is C19H26N2O2. The molecule has 3 aliphatic heterocycles. The summed E-state index contributed by atoms with van der Waals surface area (Å²) >= 11 is 0. The van der Waals surface area contributed by atoms with E-state index in [9.17, 15) is 4.79 Å². The van der Waals surface area contributed by atoms with Crippen molar-refractivity contribution in [1.29, 1.82) is 0 Å². The van der Waals surface area contributed by atoms with Gasteiger partial charge in [0.05, 0.1) is 11.7 Å². The van der Waals surface area contributed by atoms with Gasteiger partial charge in [-0.2, -0.15) is 0 Å². The monoisotopic (exact) mass is 314 g/mol. The van der Waals surface area contributed by atoms with Gasteiger partial charge in [0.1, 0.15) is 0 Å². The first kappa shape index (κ1) is 15.2. The molecule has 3 fully saturated rings. The molecule has 4 nitrogen and oxygen atoms in total. The van der Waals surface area contributed by atoms with Crippen LogP contribution >= 0.6 is 0 Å². The van der Waals surface area contributed by atoms with E-state index in [1.807, 2.05) is 30.3 Å². The van der Waals surface area contributed by atoms with Gasteiger partial charge in [-0.25, -0.2) is 0 Å². The minimum absolute atomic E-state index is 0.0332. The van der Waals surface area contributed by atoms with Crippen molar-refractivity contribution >= 4 is 5.91 Å². The summed E-state index contributed by atoms with van der Waals surface area (Å²) in [4.78, 5) is 14.9. The maximum atomic E-state index is 12.3. The summed E-state index contributed by atoms with van der Waals surface area (Å²) in [5, 5.41) is 3.14. The minimum Gasteiger partial charge on any atom is -0.370 e. The summed E-state index contributed by atoms with van der Waals surface area (Å²) in [7, 11) is 0. The molecule has 0 aromatic heterocycles. The van der Waals surface area contributed by atoms with Gasteiger partial charge < -0.3 is 15.0 Å². The van der Waals surface area contributed by atoms with Crippen LogP contribution in [0, 0.1) is 11.8 Å². The molecule has 4 rings (SSSR count). The molecule has 3 aliphatic rings. The molecule has 124 valence electrons. The van der Waals surface area contributed by atoms with Crippen molar-refractivity contribution in [2.24, 2.45) is 11.8 Å². The topological polar surface area (TPSA) is 41.6 Å². The minimum atomic E-state index is 0.0332. The molecule has 1 aromatic rings. The van der Waals surface area contributed by atoms with Gasteiger partial charge in [-0.15, -0.1) is 0 Å². The lowest BCUT2D eigenvalue weighted by atomic mass is 9.73. The van der Waals surface area contributed by atoms with Crippen LogP contribution in [-0.2, 0) is 4.74 Å². The van der Waals surface area contributed by atoms with Crippen molar-refractivity contribution in [2.75, 3.05) is 26.2 Å². The number of hydrogen-bond donors (Lipinski definition) is 1. The van der Waals surface area contributed by atoms with E-state index in [1.165, 1.54) is 12.8 Å². The van der Waals surface area contributed by atoms with E-state index in [0.29, 0.717) is 17.9 Å². The van der Waals surface area contributed by atoms with Crippen LogP contribution in [0.5, 0.6) is 0 Å². The van der Waals surface area contributed by atoms with Gasteiger partial charge in [-0.05, 0) is 37.9 Å². The normalized spacial score (nSPS) is 35.4. The summed E-state index contributed by atoms with van der Waals surface area (Å²) < 4.78 is 6.42. The quantitative estimate of drug-likeness (QED) is 0.907. The molecule has 0 aliphatic carbocycles. The Morgan fingerprint density at radius 3 is 3.00 bits per heavy atom. The van der Waals surface area contributed by atoms with E-state index >= 15 is 0 Å². The number of nitrogens with zero attached hydrogens (tertiary/aromatic N) is 1. The lowest BCUT2D eigenvalue weighted by molar-refractivity contribution is 0.00279. The molecule has 2 bridgehead atoms. The van der Waals surface area contributed by atoms with Crippen molar-refractivity contribution in [2.45, 2.75) is 37.9 Å². The molecule has 1 spiro atoms. The third-order valence-electron chi connectivity index (χ3n) is 5.93. The second-order valence-electron chi connectivity index (χ2n) is 7.34. The molecule has 1 aromatic carbocycles. The summed E-state index contributed by atoms with van der Waals surface area (Å²) in [5.41, 5.74) is 0.826. The number of likely N-dealkylation sites (tertiary alicyclic amines) is 1. The van der Waals surface area contributed by atoms with E-state index in [0.717, 1.165) is 38.2 Å². The number of carbonyl (C=O) groups excluding carboxylic acids is 1. The Balaban J connectivity index is 1.41. The maximum absolute atomic E-state index is 12.3. The zero-order valence-electron chi connectivity index (χ0n) is 13.8. The Bertz CT molecular complexity index is 576. The first-order valence-electron chi connectivity index (χ1n) is 8.95. The Morgan fingerprint density at radius 2 is 2.22 bits per heavy atom. The fourth-order valence-electron chi connectivity index (χ4n) is 4.95. The SMILES string of the molecule is CCCN1C[C@@H]2[C@H](CNC(=O)c3ccccc3)[C@H]3CC[C@]2(C1)O3. The van der Waals surface area contributed by atoms with E-state index in [1.54, 1.807) is 0 Å². The van der Waals surface area contributed by atoms with Crippen molar-refractivity contribution in [3.8, 4) is 0 Å². The predicted molar refractivity (Wildman–Crippen MR) is 89.3 cm³/mol. The highest BCUT2D eigenvalue weighted by Crippen LogP contribution is 2.54. The van der Waals surface area contributed by atoms with Crippen LogP contribution in [-0.4, -0.2) is 48.7 Å². The van der Waals surface area contributed by atoms with Gasteiger partial charge in [0.15, 0.2) is 0 Å². The summed E-state index contributed by atoms with van der Waals surface area (Å²) in [5.74, 6) is 1.09. The molecule has 4 atom stereocenters. The fourth-order valence-corrected chi connectivity index (χ4v) is 4.95. The lowest BCUT2D eigenvalue weighted by Crippen LogP contribution is -2.41. The van der Waals surface area contributed by atoms with Crippen molar-refractivity contribution in [1.82, 2.24) is 10.2 Å². The Hall–Kier alpha value is -1.39. The van der Waals surface area contributed by atoms with Crippen molar-refractivity contribution in [3.63, 3.8) is 0 Å². The standard InChI is InChI=1S/C19H26N2O2/c1-2-10-21-12-16-15(17-8-9-19(16,13-21)23-17)11-20-18(22)14-6-4-3-5-7-14/h3-7,15-17H,2,8-13H2,1H3,(H,20,22)/t15-,16+,17+,19+/m0/s1. The first-order valence-corrected chi connectivity index (χ1v) is 8.95. The average Bonchev–Trinajstić information content (AvgIpc) is 3.21. The Morgan fingerprint density at radius 1 is 1.39 bits per heavy atom. The highest BCUT2D eigenvalue weighted by atomic mass is 16.5. The van der Waals surface area contributed by atoms with E-state index in [4.69, 9.17) is 4.74 Å². The summed E-state index contributed by atoms with van der Waals surface area (Å²) in [6.07, 6.45) is 3.90. The summed E-state index contributed by atoms with van der Waals surface area (Å²) in [6, 6.07) is 9.48. The van der Waals surface area contributed by atoms with E-state index in [-0.39, 0.29) is 11.5 Å². The Labute approximate surface area is 138 Å². The molecular weight excluding hydrogens is 288 g/mol. The second-order valence-corrected chi connectivity index (χ2v) is 7.34. The van der Waals surface area contributed by atoms with Crippen LogP contribution in [0.3, 0.4) is 0 Å². The smallest absolute Gasteiger partial charge is 0.251 e. The molecule has 23 heavy (non-hydrogen) atoms. The lowest BCUT2D eigenvalue weighted by Gasteiger charge is -2.29. The zero-order valence-corrected chi connectivity index (χ0v) is 13.8. The number of fused-ring (bicyclic) bond motifs is 1. The molecule has 1 N–H and O–H groups in total. The average molecular weight is 314 g/mol. The third-order valence-corrected chi connectivity index (χ3v) is 5.93. The van der Waals surface area contributed by atoms with Crippen LogP contribution in [0.1, 0.15) is 36.5 Å². The number of amides is 1. The molecule has 1 amide bonds. The molecule has 0 unspecified atom stereocenters. The number of nitrogens with one attached hydrogen (secondary N) is 1. The van der Waals surface area contributed by atoms with Gasteiger partial charge >= 0.3 is 0 Å².